The number of amides is 1. The molecular formula is C17H22N6O2S. The molecule has 138 valence electrons. The van der Waals surface area contributed by atoms with Gasteiger partial charge in [0.1, 0.15) is 30.0 Å². The van der Waals surface area contributed by atoms with Crippen LogP contribution in [0, 0.1) is 0 Å². The molecule has 2 aromatic rings. The molecule has 2 aromatic heterocycles. The van der Waals surface area contributed by atoms with Crippen molar-refractivity contribution >= 4 is 23.5 Å². The molecule has 2 fully saturated rings. The minimum atomic E-state index is -0.193. The van der Waals surface area contributed by atoms with E-state index in [0.717, 1.165) is 49.9 Å². The first-order chi connectivity index (χ1) is 12.8. The van der Waals surface area contributed by atoms with Gasteiger partial charge in [-0.1, -0.05) is 0 Å². The number of carbonyl (C=O) groups excluding carboxylic acids is 1. The molecule has 2 aliphatic heterocycles. The first-order valence-electron chi connectivity index (χ1n) is 8.88. The Morgan fingerprint density at radius 1 is 1.27 bits per heavy atom. The fourth-order valence-electron chi connectivity index (χ4n) is 3.11. The molecule has 1 amide bonds. The van der Waals surface area contributed by atoms with Gasteiger partial charge in [-0.05, 0) is 12.8 Å². The number of nitrogens with zero attached hydrogens (tertiary/aromatic N) is 5. The van der Waals surface area contributed by atoms with Crippen LogP contribution in [-0.2, 0) is 4.74 Å². The first kappa shape index (κ1) is 17.3. The maximum Gasteiger partial charge on any atom is 0.271 e. The van der Waals surface area contributed by atoms with Gasteiger partial charge in [0.25, 0.3) is 5.91 Å². The zero-order valence-electron chi connectivity index (χ0n) is 14.5. The van der Waals surface area contributed by atoms with E-state index in [9.17, 15) is 4.79 Å². The third-order valence-electron chi connectivity index (χ3n) is 4.57. The van der Waals surface area contributed by atoms with Crippen molar-refractivity contribution in [3.05, 3.63) is 30.6 Å². The number of anilines is 1. The predicted molar refractivity (Wildman–Crippen MR) is 100.0 cm³/mol. The lowest BCUT2D eigenvalue weighted by atomic mass is 10.2. The minimum absolute atomic E-state index is 0.119. The highest BCUT2D eigenvalue weighted by atomic mass is 32.2. The van der Waals surface area contributed by atoms with E-state index in [0.29, 0.717) is 18.1 Å². The summed E-state index contributed by atoms with van der Waals surface area (Å²) in [6.07, 6.45) is 7.04. The van der Waals surface area contributed by atoms with Gasteiger partial charge < -0.3 is 15.0 Å². The fraction of sp³-hybridized carbons (Fsp3) is 0.529. The van der Waals surface area contributed by atoms with Crippen LogP contribution in [0.15, 0.2) is 24.9 Å². The van der Waals surface area contributed by atoms with E-state index in [1.54, 1.807) is 23.4 Å². The molecule has 0 unspecified atom stereocenters. The van der Waals surface area contributed by atoms with E-state index in [1.807, 2.05) is 17.8 Å². The maximum atomic E-state index is 12.3. The molecule has 0 saturated carbocycles. The largest absolute Gasteiger partial charge is 0.376 e. The molecule has 1 N–H and O–H groups in total. The fourth-order valence-corrected chi connectivity index (χ4v) is 4.01. The molecule has 0 spiro atoms. The molecule has 0 radical (unpaired) electrons. The molecule has 1 atom stereocenters. The van der Waals surface area contributed by atoms with E-state index in [1.165, 1.54) is 0 Å². The third kappa shape index (κ3) is 3.99. The van der Waals surface area contributed by atoms with Crippen LogP contribution in [0.5, 0.6) is 0 Å². The number of hydrogen-bond donors (Lipinski definition) is 1. The molecule has 4 rings (SSSR count). The van der Waals surface area contributed by atoms with Crippen molar-refractivity contribution in [2.24, 2.45) is 0 Å². The maximum absolute atomic E-state index is 12.3. The van der Waals surface area contributed by atoms with Crippen LogP contribution in [0.1, 0.15) is 23.3 Å². The number of nitrogens with one attached hydrogen (secondary N) is 1. The summed E-state index contributed by atoms with van der Waals surface area (Å²) >= 11 is 1.96. The van der Waals surface area contributed by atoms with Gasteiger partial charge in [-0.25, -0.2) is 15.0 Å². The number of carbonyl (C=O) groups is 1. The molecule has 2 saturated heterocycles. The summed E-state index contributed by atoms with van der Waals surface area (Å²) in [5.41, 5.74) is 0.373. The van der Waals surface area contributed by atoms with Crippen molar-refractivity contribution in [1.82, 2.24) is 24.8 Å². The quantitative estimate of drug-likeness (QED) is 0.839. The van der Waals surface area contributed by atoms with Gasteiger partial charge in [0.2, 0.25) is 0 Å². The van der Waals surface area contributed by atoms with Crippen LogP contribution >= 0.6 is 11.8 Å². The summed E-state index contributed by atoms with van der Waals surface area (Å²) in [5.74, 6) is 3.65. The minimum Gasteiger partial charge on any atom is -0.376 e. The van der Waals surface area contributed by atoms with Gasteiger partial charge in [0.05, 0.1) is 6.10 Å². The van der Waals surface area contributed by atoms with Crippen LogP contribution in [0.3, 0.4) is 0 Å². The zero-order valence-corrected chi connectivity index (χ0v) is 15.3. The molecule has 26 heavy (non-hydrogen) atoms. The number of imidazole rings is 1. The lowest BCUT2D eigenvalue weighted by Gasteiger charge is -2.27. The second-order valence-corrected chi connectivity index (χ2v) is 7.57. The average Bonchev–Trinajstić information content (AvgIpc) is 3.39. The lowest BCUT2D eigenvalue weighted by Crippen LogP contribution is -2.33. The Hall–Kier alpha value is -2.13. The normalized spacial score (nSPS) is 20.3. The Kier molecular flexibility index (Phi) is 5.35. The predicted octanol–water partition coefficient (Wildman–Crippen LogP) is 1.12. The van der Waals surface area contributed by atoms with Crippen molar-refractivity contribution in [2.75, 3.05) is 42.6 Å². The van der Waals surface area contributed by atoms with Gasteiger partial charge in [-0.15, -0.1) is 0 Å². The van der Waals surface area contributed by atoms with Gasteiger partial charge in [0, 0.05) is 50.0 Å². The van der Waals surface area contributed by atoms with Crippen molar-refractivity contribution < 1.29 is 9.53 Å². The first-order valence-corrected chi connectivity index (χ1v) is 10.0. The Morgan fingerprint density at radius 3 is 2.92 bits per heavy atom. The highest BCUT2D eigenvalue weighted by Gasteiger charge is 2.18. The van der Waals surface area contributed by atoms with Crippen LogP contribution in [0.2, 0.25) is 0 Å². The molecule has 0 bridgehead atoms. The van der Waals surface area contributed by atoms with Gasteiger partial charge >= 0.3 is 0 Å². The number of hydrogen-bond acceptors (Lipinski definition) is 7. The number of ether oxygens (including phenoxy) is 1. The standard InChI is InChI=1S/C17H22N6O2S/c24-17(18-9-13-2-1-5-25-13)14-10-23(12-21-14)16-8-15(19-11-20-16)22-3-6-26-7-4-22/h8,10-13H,1-7,9H2,(H,18,24)/t13-/m0/s1. The summed E-state index contributed by atoms with van der Waals surface area (Å²) in [7, 11) is 0. The molecule has 0 aromatic carbocycles. The number of rotatable bonds is 5. The summed E-state index contributed by atoms with van der Waals surface area (Å²) in [4.78, 5) is 27.4. The molecule has 4 heterocycles. The summed E-state index contributed by atoms with van der Waals surface area (Å²) in [6, 6.07) is 1.94. The van der Waals surface area contributed by atoms with Crippen molar-refractivity contribution in [3.8, 4) is 5.82 Å². The summed E-state index contributed by atoms with van der Waals surface area (Å²) in [5, 5.41) is 2.89. The van der Waals surface area contributed by atoms with Crippen molar-refractivity contribution in [2.45, 2.75) is 18.9 Å². The monoisotopic (exact) mass is 374 g/mol. The molecule has 2 aliphatic rings. The van der Waals surface area contributed by atoms with E-state index in [-0.39, 0.29) is 12.0 Å². The van der Waals surface area contributed by atoms with Crippen LogP contribution in [0.4, 0.5) is 5.82 Å². The van der Waals surface area contributed by atoms with Crippen LogP contribution < -0.4 is 10.2 Å². The highest BCUT2D eigenvalue weighted by molar-refractivity contribution is 7.99. The molecule has 8 nitrogen and oxygen atoms in total. The molecule has 0 aliphatic carbocycles. The summed E-state index contributed by atoms with van der Waals surface area (Å²) < 4.78 is 7.28. The second-order valence-electron chi connectivity index (χ2n) is 6.35. The van der Waals surface area contributed by atoms with E-state index in [2.05, 4.69) is 25.2 Å². The van der Waals surface area contributed by atoms with Crippen molar-refractivity contribution in [1.29, 1.82) is 0 Å². The Balaban J connectivity index is 1.42. The van der Waals surface area contributed by atoms with Gasteiger partial charge in [-0.2, -0.15) is 11.8 Å². The zero-order chi connectivity index (χ0) is 17.8. The topological polar surface area (TPSA) is 85.2 Å². The van der Waals surface area contributed by atoms with Crippen LogP contribution in [0.25, 0.3) is 5.82 Å². The summed E-state index contributed by atoms with van der Waals surface area (Å²) in [6.45, 7) is 3.28. The highest BCUT2D eigenvalue weighted by Crippen LogP contribution is 2.18. The smallest absolute Gasteiger partial charge is 0.271 e. The van der Waals surface area contributed by atoms with Gasteiger partial charge in [-0.3, -0.25) is 9.36 Å². The average molecular weight is 374 g/mol. The van der Waals surface area contributed by atoms with Gasteiger partial charge in [0.15, 0.2) is 0 Å². The Morgan fingerprint density at radius 2 is 2.12 bits per heavy atom. The lowest BCUT2D eigenvalue weighted by molar-refractivity contribution is 0.0854. The van der Waals surface area contributed by atoms with E-state index < -0.39 is 0 Å². The van der Waals surface area contributed by atoms with E-state index in [4.69, 9.17) is 4.74 Å². The Bertz CT molecular complexity index is 755. The molecular weight excluding hydrogens is 352 g/mol. The number of thioether (sulfide) groups is 1. The Labute approximate surface area is 156 Å². The third-order valence-corrected chi connectivity index (χ3v) is 5.51. The van der Waals surface area contributed by atoms with Crippen LogP contribution in [-0.4, -0.2) is 69.3 Å². The second kappa shape index (κ2) is 8.05. The SMILES string of the molecule is O=C(NC[C@@H]1CCCO1)c1cn(-c2cc(N3CCSCC3)ncn2)cn1. The van der Waals surface area contributed by atoms with Crippen molar-refractivity contribution in [3.63, 3.8) is 0 Å². The van der Waals surface area contributed by atoms with E-state index >= 15 is 0 Å². The molecule has 9 heteroatoms. The number of aromatic nitrogens is 4.